The Morgan fingerprint density at radius 2 is 2.00 bits per heavy atom. The fraction of sp³-hybridized carbons (Fsp3) is 0.500. The van der Waals surface area contributed by atoms with Crippen LogP contribution < -0.4 is 10.6 Å². The number of amides is 1. The predicted molar refractivity (Wildman–Crippen MR) is 68.9 cm³/mol. The number of hydrogen-bond donors (Lipinski definition) is 2. The summed E-state index contributed by atoms with van der Waals surface area (Å²) in [4.78, 5) is 11.3. The van der Waals surface area contributed by atoms with Crippen LogP contribution in [0.15, 0.2) is 24.3 Å². The molecule has 92 valence electrons. The molecule has 3 heteroatoms. The highest BCUT2D eigenvalue weighted by Gasteiger charge is 2.16. The first-order valence-electron chi connectivity index (χ1n) is 6.31. The Morgan fingerprint density at radius 3 is 2.53 bits per heavy atom. The molecule has 0 saturated heterocycles. The average Bonchev–Trinajstić information content (AvgIpc) is 2.32. The van der Waals surface area contributed by atoms with Gasteiger partial charge in [-0.1, -0.05) is 18.6 Å². The monoisotopic (exact) mass is 232 g/mol. The molecule has 0 heterocycles. The molecule has 3 nitrogen and oxygen atoms in total. The standard InChI is InChI=1S/C14H20N2O/c1-15-14(17)13-7-5-12(6-8-13)10-16-9-11-3-2-4-11/h5-8,11,16H,2-4,9-10H2,1H3,(H,15,17). The van der Waals surface area contributed by atoms with Crippen LogP contribution in [0.25, 0.3) is 0 Å². The first kappa shape index (κ1) is 12.1. The van der Waals surface area contributed by atoms with Gasteiger partial charge in [-0.2, -0.15) is 0 Å². The molecule has 1 amide bonds. The Kier molecular flexibility index (Phi) is 4.15. The second-order valence-electron chi connectivity index (χ2n) is 4.70. The summed E-state index contributed by atoms with van der Waals surface area (Å²) < 4.78 is 0. The van der Waals surface area contributed by atoms with Crippen molar-refractivity contribution in [1.82, 2.24) is 10.6 Å². The van der Waals surface area contributed by atoms with Crippen LogP contribution in [0.4, 0.5) is 0 Å². The molecule has 0 bridgehead atoms. The summed E-state index contributed by atoms with van der Waals surface area (Å²) in [5.41, 5.74) is 1.95. The van der Waals surface area contributed by atoms with Crippen LogP contribution >= 0.6 is 0 Å². The quantitative estimate of drug-likeness (QED) is 0.814. The lowest BCUT2D eigenvalue weighted by Crippen LogP contribution is -2.26. The average molecular weight is 232 g/mol. The molecule has 1 aromatic carbocycles. The van der Waals surface area contributed by atoms with E-state index in [9.17, 15) is 4.79 Å². The first-order valence-corrected chi connectivity index (χ1v) is 6.31. The van der Waals surface area contributed by atoms with Crippen molar-refractivity contribution in [3.8, 4) is 0 Å². The van der Waals surface area contributed by atoms with Gasteiger partial charge in [0.1, 0.15) is 0 Å². The van der Waals surface area contributed by atoms with Crippen LogP contribution in [0.3, 0.4) is 0 Å². The van der Waals surface area contributed by atoms with Gasteiger partial charge in [-0.05, 0) is 43.0 Å². The van der Waals surface area contributed by atoms with Crippen molar-refractivity contribution in [3.05, 3.63) is 35.4 Å². The van der Waals surface area contributed by atoms with Crippen molar-refractivity contribution >= 4 is 5.91 Å². The fourth-order valence-electron chi connectivity index (χ4n) is 2.04. The summed E-state index contributed by atoms with van der Waals surface area (Å²) in [6.45, 7) is 2.02. The molecule has 0 atom stereocenters. The zero-order valence-corrected chi connectivity index (χ0v) is 10.3. The molecule has 1 aromatic rings. The maximum absolute atomic E-state index is 11.3. The van der Waals surface area contributed by atoms with Gasteiger partial charge in [0.05, 0.1) is 0 Å². The zero-order chi connectivity index (χ0) is 12.1. The molecule has 2 rings (SSSR count). The van der Waals surface area contributed by atoms with Crippen LogP contribution in [-0.2, 0) is 6.54 Å². The Bertz CT molecular complexity index is 368. The van der Waals surface area contributed by atoms with Crippen molar-refractivity contribution in [2.75, 3.05) is 13.6 Å². The normalized spacial score (nSPS) is 15.4. The van der Waals surface area contributed by atoms with Gasteiger partial charge in [0.2, 0.25) is 0 Å². The van der Waals surface area contributed by atoms with Gasteiger partial charge in [-0.25, -0.2) is 0 Å². The summed E-state index contributed by atoms with van der Waals surface area (Å²) in [5, 5.41) is 6.09. The van der Waals surface area contributed by atoms with Crippen LogP contribution in [0.2, 0.25) is 0 Å². The van der Waals surface area contributed by atoms with Crippen molar-refractivity contribution in [1.29, 1.82) is 0 Å². The number of carbonyl (C=O) groups excluding carboxylic acids is 1. The summed E-state index contributed by atoms with van der Waals surface area (Å²) in [6, 6.07) is 7.77. The van der Waals surface area contributed by atoms with Crippen LogP contribution in [0, 0.1) is 5.92 Å². The lowest BCUT2D eigenvalue weighted by atomic mass is 9.85. The van der Waals surface area contributed by atoms with Gasteiger partial charge in [-0.15, -0.1) is 0 Å². The van der Waals surface area contributed by atoms with Gasteiger partial charge in [-0.3, -0.25) is 4.79 Å². The third-order valence-electron chi connectivity index (χ3n) is 3.43. The van der Waals surface area contributed by atoms with E-state index in [1.54, 1.807) is 7.05 Å². The van der Waals surface area contributed by atoms with E-state index in [4.69, 9.17) is 0 Å². The van der Waals surface area contributed by atoms with Gasteiger partial charge in [0.25, 0.3) is 5.91 Å². The largest absolute Gasteiger partial charge is 0.355 e. The number of rotatable bonds is 5. The Labute approximate surface area is 103 Å². The van der Waals surface area contributed by atoms with E-state index >= 15 is 0 Å². The molecule has 1 aliphatic carbocycles. The topological polar surface area (TPSA) is 41.1 Å². The summed E-state index contributed by atoms with van der Waals surface area (Å²) in [6.07, 6.45) is 4.15. The first-order chi connectivity index (χ1) is 8.29. The van der Waals surface area contributed by atoms with E-state index in [2.05, 4.69) is 10.6 Å². The van der Waals surface area contributed by atoms with E-state index in [1.807, 2.05) is 24.3 Å². The Morgan fingerprint density at radius 1 is 1.29 bits per heavy atom. The highest BCUT2D eigenvalue weighted by Crippen LogP contribution is 2.25. The summed E-state index contributed by atoms with van der Waals surface area (Å²) >= 11 is 0. The second kappa shape index (κ2) is 5.82. The molecule has 1 saturated carbocycles. The van der Waals surface area contributed by atoms with E-state index in [0.717, 1.165) is 24.6 Å². The predicted octanol–water partition coefficient (Wildman–Crippen LogP) is 1.94. The molecule has 17 heavy (non-hydrogen) atoms. The van der Waals surface area contributed by atoms with Crippen LogP contribution in [-0.4, -0.2) is 19.5 Å². The van der Waals surface area contributed by atoms with Crippen LogP contribution in [0.5, 0.6) is 0 Å². The van der Waals surface area contributed by atoms with E-state index in [0.29, 0.717) is 0 Å². The molecule has 1 aliphatic rings. The number of carbonyl (C=O) groups is 1. The highest BCUT2D eigenvalue weighted by atomic mass is 16.1. The molecular formula is C14H20N2O. The maximum atomic E-state index is 11.3. The lowest BCUT2D eigenvalue weighted by Gasteiger charge is -2.25. The minimum atomic E-state index is -0.0287. The molecule has 2 N–H and O–H groups in total. The Balaban J connectivity index is 1.78. The smallest absolute Gasteiger partial charge is 0.251 e. The maximum Gasteiger partial charge on any atom is 0.251 e. The number of benzene rings is 1. The minimum Gasteiger partial charge on any atom is -0.355 e. The third-order valence-corrected chi connectivity index (χ3v) is 3.43. The highest BCUT2D eigenvalue weighted by molar-refractivity contribution is 5.93. The molecule has 0 spiro atoms. The Hall–Kier alpha value is -1.35. The summed E-state index contributed by atoms with van der Waals surface area (Å²) in [5.74, 6) is 0.860. The zero-order valence-electron chi connectivity index (χ0n) is 10.3. The van der Waals surface area contributed by atoms with Crippen molar-refractivity contribution in [2.45, 2.75) is 25.8 Å². The molecule has 0 radical (unpaired) electrons. The van der Waals surface area contributed by atoms with Crippen molar-refractivity contribution < 1.29 is 4.79 Å². The molecule has 0 aromatic heterocycles. The van der Waals surface area contributed by atoms with Gasteiger partial charge in [0, 0.05) is 19.2 Å². The fourth-order valence-corrected chi connectivity index (χ4v) is 2.04. The van der Waals surface area contributed by atoms with Gasteiger partial charge >= 0.3 is 0 Å². The molecule has 0 unspecified atom stereocenters. The second-order valence-corrected chi connectivity index (χ2v) is 4.70. The lowest BCUT2D eigenvalue weighted by molar-refractivity contribution is 0.0963. The van der Waals surface area contributed by atoms with E-state index in [1.165, 1.54) is 24.8 Å². The number of hydrogen-bond acceptors (Lipinski definition) is 2. The van der Waals surface area contributed by atoms with Gasteiger partial charge < -0.3 is 10.6 Å². The summed E-state index contributed by atoms with van der Waals surface area (Å²) in [7, 11) is 1.65. The number of nitrogens with one attached hydrogen (secondary N) is 2. The van der Waals surface area contributed by atoms with Crippen LogP contribution in [0.1, 0.15) is 35.2 Å². The minimum absolute atomic E-state index is 0.0287. The third kappa shape index (κ3) is 3.30. The van der Waals surface area contributed by atoms with E-state index in [-0.39, 0.29) is 5.91 Å². The molecule has 0 aliphatic heterocycles. The van der Waals surface area contributed by atoms with Crippen molar-refractivity contribution in [2.24, 2.45) is 5.92 Å². The molecule has 1 fully saturated rings. The van der Waals surface area contributed by atoms with Crippen molar-refractivity contribution in [3.63, 3.8) is 0 Å². The van der Waals surface area contributed by atoms with Gasteiger partial charge in [0.15, 0.2) is 0 Å². The SMILES string of the molecule is CNC(=O)c1ccc(CNCC2CCC2)cc1. The molecular weight excluding hydrogens is 212 g/mol. The van der Waals surface area contributed by atoms with E-state index < -0.39 is 0 Å².